The zero-order valence-electron chi connectivity index (χ0n) is 29.9. The van der Waals surface area contributed by atoms with E-state index in [0.717, 1.165) is 44.1 Å². The standard InChI is InChI=1S/C20H14BrF3N2O3.C13H9F3N2O3.C7H6Br2/c21-14-4-1-3-13(11-14)12-26-10-2-5-17(19(26)28)18(27)25-15-6-8-16(9-7-15)29-20(22,23)24;14-13(15,16)21-9-5-3-8(4-6-9)18-12(20)10-2-1-7-17-11(10)19;8-5-6-2-1-3-7(9)4-6/h1-11H,12H2,(H,25,27);1-7H,(H,17,19)(H,18,20);1-4H,5H2. The molecular formula is C40H29Br3F6N4O6. The number of ether oxygens (including phenoxy) is 2. The lowest BCUT2D eigenvalue weighted by Gasteiger charge is -2.11. The SMILES string of the molecule is BrCc1cccc(Br)c1.O=C(Nc1ccc(OC(F)(F)F)cc1)c1ccc[nH]c1=O.O=C(Nc1ccc(OC(F)(F)F)cc1)c1cccn(Cc2cccc(Br)c2)c1=O. The molecule has 2 aromatic heterocycles. The molecular weight excluding hydrogens is 986 g/mol. The third-order valence-corrected chi connectivity index (χ3v) is 8.94. The Morgan fingerprint density at radius 1 is 0.627 bits per heavy atom. The summed E-state index contributed by atoms with van der Waals surface area (Å²) in [5.41, 5.74) is 1.40. The Bertz CT molecular complexity index is 2460. The Morgan fingerprint density at radius 2 is 1.10 bits per heavy atom. The summed E-state index contributed by atoms with van der Waals surface area (Å²) in [5, 5.41) is 5.81. The summed E-state index contributed by atoms with van der Waals surface area (Å²) in [7, 11) is 0. The number of hydrogen-bond acceptors (Lipinski definition) is 6. The topological polar surface area (TPSA) is 132 Å². The Hall–Kier alpha value is -5.66. The second-order valence-electron chi connectivity index (χ2n) is 11.7. The first-order chi connectivity index (χ1) is 27.9. The van der Waals surface area contributed by atoms with Crippen molar-refractivity contribution in [1.29, 1.82) is 0 Å². The van der Waals surface area contributed by atoms with Crippen molar-refractivity contribution in [2.75, 3.05) is 10.6 Å². The van der Waals surface area contributed by atoms with E-state index < -0.39 is 47.2 Å². The van der Waals surface area contributed by atoms with Crippen LogP contribution in [0.1, 0.15) is 31.8 Å². The molecule has 0 atom stereocenters. The molecule has 0 spiro atoms. The van der Waals surface area contributed by atoms with Gasteiger partial charge in [-0.3, -0.25) is 19.2 Å². The average Bonchev–Trinajstić information content (AvgIpc) is 3.17. The quantitative estimate of drug-likeness (QED) is 0.0977. The molecule has 0 aliphatic heterocycles. The second kappa shape index (κ2) is 21.4. The summed E-state index contributed by atoms with van der Waals surface area (Å²) in [6.07, 6.45) is -6.62. The van der Waals surface area contributed by atoms with Crippen molar-refractivity contribution < 1.29 is 45.4 Å². The van der Waals surface area contributed by atoms with E-state index in [4.69, 9.17) is 0 Å². The van der Waals surface area contributed by atoms with Gasteiger partial charge in [-0.05, 0) is 108 Å². The van der Waals surface area contributed by atoms with Gasteiger partial charge in [-0.1, -0.05) is 72.1 Å². The molecule has 2 amide bonds. The summed E-state index contributed by atoms with van der Waals surface area (Å²) in [6.45, 7) is 0.281. The van der Waals surface area contributed by atoms with E-state index in [1.807, 2.05) is 36.4 Å². The molecule has 0 radical (unpaired) electrons. The van der Waals surface area contributed by atoms with Crippen LogP contribution in [0, 0.1) is 0 Å². The van der Waals surface area contributed by atoms with Crippen LogP contribution in [0.15, 0.2) is 152 Å². The number of hydrogen-bond donors (Lipinski definition) is 3. The summed E-state index contributed by atoms with van der Waals surface area (Å²) < 4.78 is 83.5. The molecule has 308 valence electrons. The third kappa shape index (κ3) is 15.9. The van der Waals surface area contributed by atoms with Crippen LogP contribution in [0.4, 0.5) is 37.7 Å². The zero-order valence-corrected chi connectivity index (χ0v) is 34.7. The van der Waals surface area contributed by atoms with E-state index in [-0.39, 0.29) is 29.0 Å². The first-order valence-corrected chi connectivity index (χ1v) is 19.4. The smallest absolute Gasteiger partial charge is 0.406 e. The number of H-pyrrole nitrogens is 1. The number of nitrogens with zero attached hydrogens (tertiary/aromatic N) is 1. The van der Waals surface area contributed by atoms with Crippen LogP contribution in [0.3, 0.4) is 0 Å². The highest BCUT2D eigenvalue weighted by atomic mass is 79.9. The van der Waals surface area contributed by atoms with Crippen molar-refractivity contribution in [2.24, 2.45) is 0 Å². The number of amides is 2. The van der Waals surface area contributed by atoms with Crippen LogP contribution in [0.25, 0.3) is 0 Å². The summed E-state index contributed by atoms with van der Waals surface area (Å²) in [6, 6.07) is 30.6. The molecule has 0 fully saturated rings. The summed E-state index contributed by atoms with van der Waals surface area (Å²) >= 11 is 10.1. The lowest BCUT2D eigenvalue weighted by atomic mass is 10.2. The maximum Gasteiger partial charge on any atom is 0.573 e. The lowest BCUT2D eigenvalue weighted by Crippen LogP contribution is -2.29. The van der Waals surface area contributed by atoms with Crippen LogP contribution in [0.5, 0.6) is 11.5 Å². The monoisotopic (exact) mass is 1010 g/mol. The number of pyridine rings is 2. The van der Waals surface area contributed by atoms with E-state index in [0.29, 0.717) is 0 Å². The largest absolute Gasteiger partial charge is 0.573 e. The highest BCUT2D eigenvalue weighted by molar-refractivity contribution is 9.10. The van der Waals surface area contributed by atoms with E-state index in [1.54, 1.807) is 12.3 Å². The van der Waals surface area contributed by atoms with E-state index in [9.17, 15) is 45.5 Å². The van der Waals surface area contributed by atoms with Gasteiger partial charge in [0.2, 0.25) is 0 Å². The molecule has 0 saturated carbocycles. The normalized spacial score (nSPS) is 10.9. The van der Waals surface area contributed by atoms with Gasteiger partial charge in [0.25, 0.3) is 22.9 Å². The maximum absolute atomic E-state index is 12.6. The Morgan fingerprint density at radius 3 is 1.56 bits per heavy atom. The number of carbonyl (C=O) groups excluding carboxylic acids is 2. The molecule has 4 aromatic carbocycles. The fourth-order valence-electron chi connectivity index (χ4n) is 4.76. The average molecular weight is 1020 g/mol. The third-order valence-electron chi connectivity index (χ3n) is 7.30. The molecule has 0 aliphatic rings. The van der Waals surface area contributed by atoms with Gasteiger partial charge in [0.1, 0.15) is 22.6 Å². The van der Waals surface area contributed by atoms with Crippen LogP contribution in [-0.2, 0) is 11.9 Å². The predicted molar refractivity (Wildman–Crippen MR) is 220 cm³/mol. The number of rotatable bonds is 9. The molecule has 6 rings (SSSR count). The number of anilines is 2. The summed E-state index contributed by atoms with van der Waals surface area (Å²) in [5.74, 6) is -2.14. The molecule has 0 bridgehead atoms. The van der Waals surface area contributed by atoms with Crippen LogP contribution in [-0.4, -0.2) is 34.1 Å². The maximum atomic E-state index is 12.6. The number of halogens is 9. The highest BCUT2D eigenvalue weighted by Crippen LogP contribution is 2.25. The second-order valence-corrected chi connectivity index (χ2v) is 14.1. The predicted octanol–water partition coefficient (Wildman–Crippen LogP) is 10.7. The minimum absolute atomic E-state index is 0.0851. The molecule has 19 heteroatoms. The van der Waals surface area contributed by atoms with Gasteiger partial charge in [-0.15, -0.1) is 26.3 Å². The number of carbonyl (C=O) groups is 2. The minimum atomic E-state index is -4.80. The van der Waals surface area contributed by atoms with Gasteiger partial charge in [0.05, 0.1) is 6.54 Å². The molecule has 2 heterocycles. The zero-order chi connectivity index (χ0) is 43.2. The molecule has 3 N–H and O–H groups in total. The molecule has 6 aromatic rings. The Kier molecular flexibility index (Phi) is 16.7. The number of nitrogens with one attached hydrogen (secondary N) is 3. The fourth-order valence-corrected chi connectivity index (χ4v) is 6.01. The van der Waals surface area contributed by atoms with Crippen LogP contribution >= 0.6 is 47.8 Å². The summed E-state index contributed by atoms with van der Waals surface area (Å²) in [4.78, 5) is 50.7. The van der Waals surface area contributed by atoms with Gasteiger partial charge >= 0.3 is 12.7 Å². The van der Waals surface area contributed by atoms with Crippen molar-refractivity contribution in [3.05, 3.63) is 186 Å². The molecule has 59 heavy (non-hydrogen) atoms. The first-order valence-electron chi connectivity index (χ1n) is 16.7. The van der Waals surface area contributed by atoms with Gasteiger partial charge in [-0.2, -0.15) is 0 Å². The number of aromatic nitrogens is 2. The van der Waals surface area contributed by atoms with Gasteiger partial charge < -0.3 is 29.7 Å². The minimum Gasteiger partial charge on any atom is -0.406 e. The number of benzene rings is 4. The van der Waals surface area contributed by atoms with Crippen LogP contribution in [0.2, 0.25) is 0 Å². The number of alkyl halides is 7. The fraction of sp³-hybridized carbons (Fsp3) is 0.100. The lowest BCUT2D eigenvalue weighted by molar-refractivity contribution is -0.275. The molecule has 0 aliphatic carbocycles. The molecule has 0 saturated heterocycles. The first kappa shape index (κ1) is 46.0. The van der Waals surface area contributed by atoms with Crippen LogP contribution < -0.4 is 31.2 Å². The molecule has 10 nitrogen and oxygen atoms in total. The van der Waals surface area contributed by atoms with Gasteiger partial charge in [0.15, 0.2) is 0 Å². The highest BCUT2D eigenvalue weighted by Gasteiger charge is 2.31. The van der Waals surface area contributed by atoms with E-state index in [1.165, 1.54) is 58.8 Å². The van der Waals surface area contributed by atoms with Gasteiger partial charge in [0, 0.05) is 38.0 Å². The van der Waals surface area contributed by atoms with Crippen molar-refractivity contribution in [1.82, 2.24) is 9.55 Å². The van der Waals surface area contributed by atoms with Gasteiger partial charge in [-0.25, -0.2) is 0 Å². The molecule has 0 unspecified atom stereocenters. The van der Waals surface area contributed by atoms with Crippen molar-refractivity contribution in [2.45, 2.75) is 24.6 Å². The van der Waals surface area contributed by atoms with E-state index >= 15 is 0 Å². The van der Waals surface area contributed by atoms with Crippen molar-refractivity contribution in [3.8, 4) is 11.5 Å². The van der Waals surface area contributed by atoms with E-state index in [2.05, 4.69) is 85.0 Å². The Balaban J connectivity index is 0.000000222. The van der Waals surface area contributed by atoms with Crippen molar-refractivity contribution in [3.63, 3.8) is 0 Å². The van der Waals surface area contributed by atoms with Crippen molar-refractivity contribution >= 4 is 71.0 Å². The number of aromatic amines is 1. The Labute approximate surface area is 356 Å².